The van der Waals surface area contributed by atoms with Gasteiger partial charge in [-0.25, -0.2) is 4.98 Å². The predicted octanol–water partition coefficient (Wildman–Crippen LogP) is 5.10. The van der Waals surface area contributed by atoms with Gasteiger partial charge in [-0.05, 0) is 43.2 Å². The third-order valence-electron chi connectivity index (χ3n) is 5.27. The van der Waals surface area contributed by atoms with E-state index in [1.165, 1.54) is 43.2 Å². The number of hydrogen-bond donors (Lipinski definition) is 0. The summed E-state index contributed by atoms with van der Waals surface area (Å²) in [5.41, 5.74) is 4.23. The molecule has 0 unspecified atom stereocenters. The highest BCUT2D eigenvalue weighted by Gasteiger charge is 2.33. The van der Waals surface area contributed by atoms with E-state index in [2.05, 4.69) is 36.6 Å². The van der Waals surface area contributed by atoms with Crippen LogP contribution in [0.15, 0.2) is 18.2 Å². The summed E-state index contributed by atoms with van der Waals surface area (Å²) in [4.78, 5) is 4.85. The molecule has 3 heteroatoms. The van der Waals surface area contributed by atoms with Crippen molar-refractivity contribution < 1.29 is 0 Å². The summed E-state index contributed by atoms with van der Waals surface area (Å²) in [5.74, 6) is 1.80. The van der Waals surface area contributed by atoms with Crippen LogP contribution in [0.1, 0.15) is 50.4 Å². The zero-order chi connectivity index (χ0) is 14.9. The van der Waals surface area contributed by atoms with Crippen LogP contribution in [0.4, 0.5) is 0 Å². The summed E-state index contributed by atoms with van der Waals surface area (Å²) in [6.45, 7) is 5.65. The molecule has 0 aliphatic heterocycles. The number of hydrogen-bond acceptors (Lipinski definition) is 1. The Morgan fingerprint density at radius 3 is 2.71 bits per heavy atom. The minimum absolute atomic E-state index is 0.469. The third kappa shape index (κ3) is 2.70. The predicted molar refractivity (Wildman–Crippen MR) is 90.1 cm³/mol. The first kappa shape index (κ1) is 14.9. The lowest BCUT2D eigenvalue weighted by Crippen LogP contribution is -2.24. The second-order valence-corrected chi connectivity index (χ2v) is 6.93. The van der Waals surface area contributed by atoms with E-state index in [0.29, 0.717) is 11.3 Å². The number of para-hydroxylation sites is 1. The molecule has 1 aromatic carbocycles. The van der Waals surface area contributed by atoms with Gasteiger partial charge in [0, 0.05) is 18.8 Å². The van der Waals surface area contributed by atoms with E-state index in [0.717, 1.165) is 24.3 Å². The van der Waals surface area contributed by atoms with Gasteiger partial charge in [-0.3, -0.25) is 0 Å². The van der Waals surface area contributed by atoms with Gasteiger partial charge < -0.3 is 4.57 Å². The Balaban J connectivity index is 2.08. The molecule has 1 heterocycles. The van der Waals surface area contributed by atoms with Crippen LogP contribution in [0.2, 0.25) is 0 Å². The number of alkyl halides is 1. The van der Waals surface area contributed by atoms with Crippen molar-refractivity contribution in [2.45, 2.75) is 58.9 Å². The lowest BCUT2D eigenvalue weighted by atomic mass is 9.83. The van der Waals surface area contributed by atoms with Crippen molar-refractivity contribution in [3.63, 3.8) is 0 Å². The van der Waals surface area contributed by atoms with Crippen LogP contribution in [0, 0.1) is 12.3 Å². The number of benzene rings is 1. The largest absolute Gasteiger partial charge is 0.327 e. The molecule has 1 fully saturated rings. The number of fused-ring (bicyclic) bond motifs is 1. The van der Waals surface area contributed by atoms with E-state index >= 15 is 0 Å². The molecule has 1 aliphatic carbocycles. The first-order valence-corrected chi connectivity index (χ1v) is 8.73. The van der Waals surface area contributed by atoms with Crippen molar-refractivity contribution >= 4 is 22.6 Å². The van der Waals surface area contributed by atoms with Crippen molar-refractivity contribution in [3.8, 4) is 0 Å². The normalized spacial score (nSPS) is 17.7. The number of aromatic nitrogens is 2. The molecule has 3 rings (SSSR count). The monoisotopic (exact) mass is 304 g/mol. The van der Waals surface area contributed by atoms with Crippen molar-refractivity contribution in [1.82, 2.24) is 9.55 Å². The molecule has 2 aromatic rings. The van der Waals surface area contributed by atoms with Crippen molar-refractivity contribution in [1.29, 1.82) is 0 Å². The number of imidazole rings is 1. The Bertz CT molecular complexity index is 623. The van der Waals surface area contributed by atoms with Gasteiger partial charge in [-0.1, -0.05) is 31.9 Å². The van der Waals surface area contributed by atoms with Gasteiger partial charge in [0.1, 0.15) is 5.82 Å². The van der Waals surface area contributed by atoms with E-state index in [1.807, 2.05) is 0 Å². The van der Waals surface area contributed by atoms with Crippen LogP contribution in [0.3, 0.4) is 0 Å². The highest BCUT2D eigenvalue weighted by Crippen LogP contribution is 2.43. The highest BCUT2D eigenvalue weighted by atomic mass is 35.5. The SMILES string of the molecule is CCC1(Cn2c(CCCl)nc3cccc(C)c32)CCCC1. The van der Waals surface area contributed by atoms with E-state index in [9.17, 15) is 0 Å². The first-order valence-electron chi connectivity index (χ1n) is 8.20. The highest BCUT2D eigenvalue weighted by molar-refractivity contribution is 6.17. The van der Waals surface area contributed by atoms with Crippen LogP contribution in [0.25, 0.3) is 11.0 Å². The van der Waals surface area contributed by atoms with Crippen molar-refractivity contribution in [2.75, 3.05) is 5.88 Å². The Kier molecular flexibility index (Phi) is 4.26. The summed E-state index contributed by atoms with van der Waals surface area (Å²) in [5, 5.41) is 0. The van der Waals surface area contributed by atoms with Gasteiger partial charge in [0.2, 0.25) is 0 Å². The smallest absolute Gasteiger partial charge is 0.111 e. The fourth-order valence-corrected chi connectivity index (χ4v) is 4.11. The lowest BCUT2D eigenvalue weighted by Gasteiger charge is -2.29. The van der Waals surface area contributed by atoms with Gasteiger partial charge in [0.25, 0.3) is 0 Å². The number of nitrogens with zero attached hydrogens (tertiary/aromatic N) is 2. The van der Waals surface area contributed by atoms with Gasteiger partial charge >= 0.3 is 0 Å². The molecule has 1 saturated carbocycles. The summed E-state index contributed by atoms with van der Waals surface area (Å²) < 4.78 is 2.47. The van der Waals surface area contributed by atoms with Gasteiger partial charge in [-0.15, -0.1) is 11.6 Å². The molecule has 0 bridgehead atoms. The minimum Gasteiger partial charge on any atom is -0.327 e. The zero-order valence-corrected chi connectivity index (χ0v) is 13.9. The third-order valence-corrected chi connectivity index (χ3v) is 5.46. The molecule has 1 aliphatic rings. The van der Waals surface area contributed by atoms with Gasteiger partial charge in [-0.2, -0.15) is 0 Å². The lowest BCUT2D eigenvalue weighted by molar-refractivity contribution is 0.238. The fraction of sp³-hybridized carbons (Fsp3) is 0.611. The molecule has 0 amide bonds. The summed E-state index contributed by atoms with van der Waals surface area (Å²) in [6.07, 6.45) is 7.59. The number of rotatable bonds is 5. The molecule has 2 nitrogen and oxygen atoms in total. The van der Waals surface area contributed by atoms with Crippen molar-refractivity contribution in [2.24, 2.45) is 5.41 Å². The molecule has 0 spiro atoms. The van der Waals surface area contributed by atoms with E-state index in [4.69, 9.17) is 16.6 Å². The fourth-order valence-electron chi connectivity index (χ4n) is 3.94. The molecule has 1 aromatic heterocycles. The number of aryl methyl sites for hydroxylation is 2. The molecule has 0 saturated heterocycles. The first-order chi connectivity index (χ1) is 10.2. The molecule has 114 valence electrons. The number of halogens is 1. The zero-order valence-electron chi connectivity index (χ0n) is 13.2. The maximum Gasteiger partial charge on any atom is 0.111 e. The average molecular weight is 305 g/mol. The van der Waals surface area contributed by atoms with Crippen LogP contribution in [0.5, 0.6) is 0 Å². The maximum atomic E-state index is 6.01. The Hall–Kier alpha value is -1.02. The van der Waals surface area contributed by atoms with Gasteiger partial charge in [0.05, 0.1) is 11.0 Å². The van der Waals surface area contributed by atoms with Crippen LogP contribution in [-0.4, -0.2) is 15.4 Å². The minimum atomic E-state index is 0.469. The Morgan fingerprint density at radius 1 is 1.29 bits per heavy atom. The second kappa shape index (κ2) is 6.00. The molecular formula is C18H25ClN2. The summed E-state index contributed by atoms with van der Waals surface area (Å²) in [6, 6.07) is 6.42. The standard InChI is InChI=1S/C18H25ClN2/c1-3-18(10-4-5-11-18)13-21-16(9-12-19)20-15-8-6-7-14(2)17(15)21/h6-8H,3-5,9-13H2,1-2H3. The second-order valence-electron chi connectivity index (χ2n) is 6.56. The Morgan fingerprint density at radius 2 is 2.05 bits per heavy atom. The summed E-state index contributed by atoms with van der Waals surface area (Å²) >= 11 is 6.01. The molecule has 0 N–H and O–H groups in total. The van der Waals surface area contributed by atoms with Gasteiger partial charge in [0.15, 0.2) is 0 Å². The topological polar surface area (TPSA) is 17.8 Å². The molecule has 21 heavy (non-hydrogen) atoms. The molecule has 0 atom stereocenters. The average Bonchev–Trinajstić information content (AvgIpc) is 3.07. The quantitative estimate of drug-likeness (QED) is 0.703. The van der Waals surface area contributed by atoms with E-state index < -0.39 is 0 Å². The Labute approximate surface area is 132 Å². The van der Waals surface area contributed by atoms with Crippen LogP contribution >= 0.6 is 11.6 Å². The summed E-state index contributed by atoms with van der Waals surface area (Å²) in [7, 11) is 0. The molecular weight excluding hydrogens is 280 g/mol. The van der Waals surface area contributed by atoms with Crippen LogP contribution in [-0.2, 0) is 13.0 Å². The van der Waals surface area contributed by atoms with Crippen molar-refractivity contribution in [3.05, 3.63) is 29.6 Å². The van der Waals surface area contributed by atoms with E-state index in [1.54, 1.807) is 0 Å². The van der Waals surface area contributed by atoms with E-state index in [-0.39, 0.29) is 0 Å². The van der Waals surface area contributed by atoms with Crippen LogP contribution < -0.4 is 0 Å². The molecule has 0 radical (unpaired) electrons. The maximum absolute atomic E-state index is 6.01.